The smallest absolute Gasteiger partial charge is 0.119 e. The molecule has 4 rings (SSSR count). The summed E-state index contributed by atoms with van der Waals surface area (Å²) in [6.45, 7) is 4.72. The lowest BCUT2D eigenvalue weighted by atomic mass is 9.92. The number of aryl methyl sites for hydroxylation is 1. The van der Waals surface area contributed by atoms with Crippen molar-refractivity contribution in [3.05, 3.63) is 89.0 Å². The minimum absolute atomic E-state index is 0.0625. The van der Waals surface area contributed by atoms with Crippen molar-refractivity contribution in [2.24, 2.45) is 0 Å². The summed E-state index contributed by atoms with van der Waals surface area (Å²) in [4.78, 5) is 0. The fraction of sp³-hybridized carbons (Fsp3) is 0.357. The summed E-state index contributed by atoms with van der Waals surface area (Å²) < 4.78 is 11.5. The number of hydrogen-bond acceptors (Lipinski definition) is 4. The molecule has 32 heavy (non-hydrogen) atoms. The van der Waals surface area contributed by atoms with Gasteiger partial charge in [-0.25, -0.2) is 0 Å². The highest BCUT2D eigenvalue weighted by Crippen LogP contribution is 2.33. The summed E-state index contributed by atoms with van der Waals surface area (Å²) in [6, 6.07) is 23.3. The summed E-state index contributed by atoms with van der Waals surface area (Å²) in [5.74, 6) is 0.892. The van der Waals surface area contributed by atoms with Crippen molar-refractivity contribution in [1.82, 2.24) is 0 Å². The van der Waals surface area contributed by atoms with Crippen LogP contribution in [0.25, 0.3) is 11.1 Å². The zero-order valence-electron chi connectivity index (χ0n) is 18.8. The van der Waals surface area contributed by atoms with Crippen LogP contribution in [0.2, 0.25) is 0 Å². The Kier molecular flexibility index (Phi) is 7.26. The highest BCUT2D eigenvalue weighted by molar-refractivity contribution is 5.64. The molecule has 1 heterocycles. The van der Waals surface area contributed by atoms with E-state index >= 15 is 0 Å². The number of ether oxygens (including phenoxy) is 2. The molecule has 0 amide bonds. The van der Waals surface area contributed by atoms with E-state index in [1.165, 1.54) is 27.8 Å². The SMILES string of the molecule is CCOc1ccc(-c2ccc(Cc3cc(C4CC(O)CC(CO)O4)ccc3C)cc2)cc1. The molecule has 1 saturated heterocycles. The fourth-order valence-electron chi connectivity index (χ4n) is 4.35. The van der Waals surface area contributed by atoms with Gasteiger partial charge in [0.05, 0.1) is 31.5 Å². The van der Waals surface area contributed by atoms with E-state index in [0.717, 1.165) is 17.7 Å². The van der Waals surface area contributed by atoms with Crippen molar-refractivity contribution in [3.63, 3.8) is 0 Å². The standard InChI is InChI=1S/C28H32O4/c1-3-31-26-12-10-22(11-13-26)21-8-5-20(6-9-21)14-24-15-23(7-4-19(24)2)28-17-25(30)16-27(18-29)32-28/h4-13,15,25,27-30H,3,14,16-18H2,1-2H3. The summed E-state index contributed by atoms with van der Waals surface area (Å²) in [5.41, 5.74) is 7.15. The van der Waals surface area contributed by atoms with Gasteiger partial charge in [-0.3, -0.25) is 0 Å². The van der Waals surface area contributed by atoms with Crippen LogP contribution in [0.1, 0.15) is 48.1 Å². The van der Waals surface area contributed by atoms with E-state index in [0.29, 0.717) is 19.4 Å². The van der Waals surface area contributed by atoms with Crippen molar-refractivity contribution >= 4 is 0 Å². The van der Waals surface area contributed by atoms with Gasteiger partial charge in [-0.2, -0.15) is 0 Å². The Balaban J connectivity index is 1.48. The largest absolute Gasteiger partial charge is 0.494 e. The van der Waals surface area contributed by atoms with Gasteiger partial charge in [0.2, 0.25) is 0 Å². The first-order valence-corrected chi connectivity index (χ1v) is 11.4. The van der Waals surface area contributed by atoms with Crippen LogP contribution in [0.5, 0.6) is 5.75 Å². The van der Waals surface area contributed by atoms with Crippen LogP contribution in [0, 0.1) is 6.92 Å². The second kappa shape index (κ2) is 10.3. The van der Waals surface area contributed by atoms with Crippen molar-refractivity contribution in [2.75, 3.05) is 13.2 Å². The van der Waals surface area contributed by atoms with E-state index in [2.05, 4.69) is 61.5 Å². The average Bonchev–Trinajstić information content (AvgIpc) is 2.81. The minimum Gasteiger partial charge on any atom is -0.494 e. The molecule has 1 aliphatic rings. The molecule has 3 aromatic rings. The lowest BCUT2D eigenvalue weighted by Crippen LogP contribution is -2.33. The maximum atomic E-state index is 10.2. The molecular formula is C28H32O4. The van der Waals surface area contributed by atoms with Crippen LogP contribution in [-0.2, 0) is 11.2 Å². The van der Waals surface area contributed by atoms with Gasteiger partial charge in [0.1, 0.15) is 5.75 Å². The molecule has 3 atom stereocenters. The second-order valence-corrected chi connectivity index (χ2v) is 8.57. The molecule has 0 aliphatic carbocycles. The Labute approximate surface area is 190 Å². The molecule has 0 aromatic heterocycles. The van der Waals surface area contributed by atoms with Crippen LogP contribution in [0.3, 0.4) is 0 Å². The Bertz CT molecular complexity index is 1010. The Morgan fingerprint density at radius 3 is 2.28 bits per heavy atom. The van der Waals surface area contributed by atoms with Crippen molar-refractivity contribution in [3.8, 4) is 16.9 Å². The maximum Gasteiger partial charge on any atom is 0.119 e. The third kappa shape index (κ3) is 5.39. The third-order valence-corrected chi connectivity index (χ3v) is 6.17. The summed E-state index contributed by atoms with van der Waals surface area (Å²) in [5, 5.41) is 19.6. The quantitative estimate of drug-likeness (QED) is 0.537. The van der Waals surface area contributed by atoms with Gasteiger partial charge in [-0.15, -0.1) is 0 Å². The zero-order valence-corrected chi connectivity index (χ0v) is 18.8. The molecule has 168 valence electrons. The van der Waals surface area contributed by atoms with Gasteiger partial charge in [0.25, 0.3) is 0 Å². The summed E-state index contributed by atoms with van der Waals surface area (Å²) in [6.07, 6.45) is 0.969. The molecule has 0 radical (unpaired) electrons. The van der Waals surface area contributed by atoms with Gasteiger partial charge < -0.3 is 19.7 Å². The molecule has 1 aliphatic heterocycles. The molecule has 0 spiro atoms. The van der Waals surface area contributed by atoms with Gasteiger partial charge >= 0.3 is 0 Å². The highest BCUT2D eigenvalue weighted by atomic mass is 16.5. The summed E-state index contributed by atoms with van der Waals surface area (Å²) in [7, 11) is 0. The van der Waals surface area contributed by atoms with Gasteiger partial charge in [0, 0.05) is 12.8 Å². The van der Waals surface area contributed by atoms with Crippen LogP contribution in [0.4, 0.5) is 0 Å². The van der Waals surface area contributed by atoms with E-state index in [1.807, 2.05) is 19.1 Å². The number of aliphatic hydroxyl groups is 2. The van der Waals surface area contributed by atoms with Crippen molar-refractivity contribution < 1.29 is 19.7 Å². The van der Waals surface area contributed by atoms with Gasteiger partial charge in [0.15, 0.2) is 0 Å². The number of rotatable bonds is 7. The first kappa shape index (κ1) is 22.5. The molecular weight excluding hydrogens is 400 g/mol. The maximum absolute atomic E-state index is 10.2. The molecule has 3 aromatic carbocycles. The van der Waals surface area contributed by atoms with E-state index in [9.17, 15) is 10.2 Å². The highest BCUT2D eigenvalue weighted by Gasteiger charge is 2.29. The first-order valence-electron chi connectivity index (χ1n) is 11.4. The van der Waals surface area contributed by atoms with E-state index in [-0.39, 0.29) is 18.8 Å². The van der Waals surface area contributed by atoms with E-state index < -0.39 is 6.10 Å². The number of aliphatic hydroxyl groups excluding tert-OH is 2. The van der Waals surface area contributed by atoms with Crippen molar-refractivity contribution in [2.45, 2.75) is 51.4 Å². The van der Waals surface area contributed by atoms with Crippen LogP contribution in [-0.4, -0.2) is 35.6 Å². The van der Waals surface area contributed by atoms with Crippen LogP contribution in [0.15, 0.2) is 66.7 Å². The Morgan fingerprint density at radius 1 is 0.938 bits per heavy atom. The third-order valence-electron chi connectivity index (χ3n) is 6.17. The molecule has 1 fully saturated rings. The zero-order chi connectivity index (χ0) is 22.5. The van der Waals surface area contributed by atoms with Crippen molar-refractivity contribution in [1.29, 1.82) is 0 Å². The van der Waals surface area contributed by atoms with Gasteiger partial charge in [-0.1, -0.05) is 54.6 Å². The lowest BCUT2D eigenvalue weighted by molar-refractivity contribution is -0.113. The predicted octanol–water partition coefficient (Wildman–Crippen LogP) is 5.22. The minimum atomic E-state index is -0.439. The van der Waals surface area contributed by atoms with E-state index in [1.54, 1.807) is 0 Å². The monoisotopic (exact) mass is 432 g/mol. The first-order chi connectivity index (χ1) is 15.6. The molecule has 0 bridgehead atoms. The topological polar surface area (TPSA) is 58.9 Å². The molecule has 2 N–H and O–H groups in total. The van der Waals surface area contributed by atoms with Crippen LogP contribution < -0.4 is 4.74 Å². The molecule has 3 unspecified atom stereocenters. The van der Waals surface area contributed by atoms with E-state index in [4.69, 9.17) is 9.47 Å². The second-order valence-electron chi connectivity index (χ2n) is 8.57. The average molecular weight is 433 g/mol. The number of benzene rings is 3. The molecule has 4 nitrogen and oxygen atoms in total. The Morgan fingerprint density at radius 2 is 1.62 bits per heavy atom. The van der Waals surface area contributed by atoms with Gasteiger partial charge in [-0.05, 0) is 65.8 Å². The van der Waals surface area contributed by atoms with Crippen LogP contribution >= 0.6 is 0 Å². The predicted molar refractivity (Wildman–Crippen MR) is 127 cm³/mol. The molecule has 0 saturated carbocycles. The fourth-order valence-corrected chi connectivity index (χ4v) is 4.35. The lowest BCUT2D eigenvalue weighted by Gasteiger charge is -2.32. The normalized spacial score (nSPS) is 20.8. The Hall–Kier alpha value is -2.66. The molecule has 4 heteroatoms. The number of hydrogen-bond donors (Lipinski definition) is 2. The summed E-state index contributed by atoms with van der Waals surface area (Å²) >= 11 is 0.